The third kappa shape index (κ3) is 3.45. The molecule has 1 fully saturated rings. The fourth-order valence-electron chi connectivity index (χ4n) is 3.40. The molecule has 1 aliphatic heterocycles. The summed E-state index contributed by atoms with van der Waals surface area (Å²) in [6.45, 7) is 1.96. The molecule has 0 unspecified atom stereocenters. The maximum absolute atomic E-state index is 12.5. The first-order valence-corrected chi connectivity index (χ1v) is 9.15. The van der Waals surface area contributed by atoms with E-state index in [2.05, 4.69) is 25.7 Å². The molecule has 0 spiro atoms. The van der Waals surface area contributed by atoms with Gasteiger partial charge < -0.3 is 10.3 Å². The molecule has 0 aliphatic carbocycles. The summed E-state index contributed by atoms with van der Waals surface area (Å²) >= 11 is 6.07. The van der Waals surface area contributed by atoms with Crippen molar-refractivity contribution in [3.05, 3.63) is 40.8 Å². The summed E-state index contributed by atoms with van der Waals surface area (Å²) < 4.78 is 1.64. The van der Waals surface area contributed by atoms with Crippen LogP contribution in [-0.2, 0) is 18.3 Å². The fraction of sp³-hybridized carbons (Fsp3) is 0.389. The van der Waals surface area contributed by atoms with E-state index in [4.69, 9.17) is 11.6 Å². The Kier molecular flexibility index (Phi) is 4.65. The van der Waals surface area contributed by atoms with Gasteiger partial charge in [0.25, 0.3) is 0 Å². The standard InChI is InChI=1S/C18H21ClN6O/c1-25-18(23-17(24-25)11-4-6-20-7-5-11)22-16(26)8-12-10-21-15-3-2-13(19)9-14(12)15/h2-3,9-11,20-21H,4-8H2,1H3,(H,22,23,24,26). The summed E-state index contributed by atoms with van der Waals surface area (Å²) in [7, 11) is 1.80. The number of benzene rings is 1. The first-order valence-electron chi connectivity index (χ1n) is 8.77. The molecule has 0 saturated carbocycles. The summed E-state index contributed by atoms with van der Waals surface area (Å²) in [5.74, 6) is 1.52. The van der Waals surface area contributed by atoms with Crippen molar-refractivity contribution in [1.29, 1.82) is 0 Å². The second-order valence-electron chi connectivity index (χ2n) is 6.67. The molecule has 26 heavy (non-hydrogen) atoms. The molecule has 1 aliphatic rings. The third-order valence-corrected chi connectivity index (χ3v) is 5.05. The highest BCUT2D eigenvalue weighted by Crippen LogP contribution is 2.24. The smallest absolute Gasteiger partial charge is 0.231 e. The Morgan fingerprint density at radius 3 is 3.00 bits per heavy atom. The van der Waals surface area contributed by atoms with Crippen LogP contribution in [-0.4, -0.2) is 38.7 Å². The number of fused-ring (bicyclic) bond motifs is 1. The van der Waals surface area contributed by atoms with Gasteiger partial charge in [-0.1, -0.05) is 11.6 Å². The first-order chi connectivity index (χ1) is 12.6. The number of hydrogen-bond donors (Lipinski definition) is 3. The molecule has 0 bridgehead atoms. The minimum absolute atomic E-state index is 0.127. The number of aryl methyl sites for hydroxylation is 1. The minimum Gasteiger partial charge on any atom is -0.361 e. The Bertz CT molecular complexity index is 940. The van der Waals surface area contributed by atoms with E-state index in [0.717, 1.165) is 48.2 Å². The molecular weight excluding hydrogens is 352 g/mol. The van der Waals surface area contributed by atoms with Crippen molar-refractivity contribution in [1.82, 2.24) is 25.1 Å². The molecule has 0 atom stereocenters. The Balaban J connectivity index is 1.47. The van der Waals surface area contributed by atoms with Gasteiger partial charge in [-0.2, -0.15) is 10.1 Å². The molecule has 7 nitrogen and oxygen atoms in total. The molecule has 1 aromatic carbocycles. The maximum Gasteiger partial charge on any atom is 0.231 e. The van der Waals surface area contributed by atoms with E-state index in [-0.39, 0.29) is 12.3 Å². The molecule has 3 aromatic rings. The van der Waals surface area contributed by atoms with Gasteiger partial charge in [-0.25, -0.2) is 4.68 Å². The number of carbonyl (C=O) groups excluding carboxylic acids is 1. The monoisotopic (exact) mass is 372 g/mol. The highest BCUT2D eigenvalue weighted by Gasteiger charge is 2.21. The SMILES string of the molecule is Cn1nc(C2CCNCC2)nc1NC(=O)Cc1c[nH]c2ccc(Cl)cc12. The van der Waals surface area contributed by atoms with Crippen LogP contribution >= 0.6 is 11.6 Å². The molecule has 3 N–H and O–H groups in total. The zero-order chi connectivity index (χ0) is 18.1. The lowest BCUT2D eigenvalue weighted by Crippen LogP contribution is -2.27. The molecule has 4 rings (SSSR count). The van der Waals surface area contributed by atoms with Crippen molar-refractivity contribution in [2.24, 2.45) is 7.05 Å². The van der Waals surface area contributed by atoms with Gasteiger partial charge in [0, 0.05) is 35.1 Å². The normalized spacial score (nSPS) is 15.5. The molecule has 2 aromatic heterocycles. The number of nitrogens with zero attached hydrogens (tertiary/aromatic N) is 3. The number of aromatic amines is 1. The van der Waals surface area contributed by atoms with Crippen molar-refractivity contribution in [3.63, 3.8) is 0 Å². The summed E-state index contributed by atoms with van der Waals surface area (Å²) in [6.07, 6.45) is 4.13. The van der Waals surface area contributed by atoms with E-state index in [1.165, 1.54) is 0 Å². The molecule has 136 valence electrons. The van der Waals surface area contributed by atoms with Gasteiger partial charge in [-0.05, 0) is 49.7 Å². The van der Waals surface area contributed by atoms with Crippen LogP contribution in [0.1, 0.15) is 30.1 Å². The Morgan fingerprint density at radius 1 is 1.38 bits per heavy atom. The van der Waals surface area contributed by atoms with E-state index in [9.17, 15) is 4.79 Å². The predicted molar refractivity (Wildman–Crippen MR) is 101 cm³/mol. The van der Waals surface area contributed by atoms with Gasteiger partial charge in [-0.15, -0.1) is 0 Å². The fourth-order valence-corrected chi connectivity index (χ4v) is 3.58. The lowest BCUT2D eigenvalue weighted by Gasteiger charge is -2.19. The van der Waals surface area contributed by atoms with Gasteiger partial charge in [0.15, 0.2) is 5.82 Å². The van der Waals surface area contributed by atoms with E-state index in [1.54, 1.807) is 11.7 Å². The molecule has 1 saturated heterocycles. The number of hydrogen-bond acceptors (Lipinski definition) is 4. The molecule has 1 amide bonds. The van der Waals surface area contributed by atoms with Gasteiger partial charge in [-0.3, -0.25) is 10.1 Å². The van der Waals surface area contributed by atoms with Crippen LogP contribution in [0.25, 0.3) is 10.9 Å². The van der Waals surface area contributed by atoms with Gasteiger partial charge >= 0.3 is 0 Å². The van der Waals surface area contributed by atoms with E-state index < -0.39 is 0 Å². The lowest BCUT2D eigenvalue weighted by atomic mass is 9.98. The summed E-state index contributed by atoms with van der Waals surface area (Å²) in [4.78, 5) is 20.2. The van der Waals surface area contributed by atoms with E-state index >= 15 is 0 Å². The second kappa shape index (κ2) is 7.09. The largest absolute Gasteiger partial charge is 0.361 e. The highest BCUT2D eigenvalue weighted by atomic mass is 35.5. The topological polar surface area (TPSA) is 87.6 Å². The molecule has 0 radical (unpaired) electrons. The van der Waals surface area contributed by atoms with Gasteiger partial charge in [0.05, 0.1) is 6.42 Å². The van der Waals surface area contributed by atoms with E-state index in [1.807, 2.05) is 24.4 Å². The number of H-pyrrole nitrogens is 1. The summed E-state index contributed by atoms with van der Waals surface area (Å²) in [5, 5.41) is 12.3. The number of rotatable bonds is 4. The second-order valence-corrected chi connectivity index (χ2v) is 7.11. The zero-order valence-electron chi connectivity index (χ0n) is 14.6. The average molecular weight is 373 g/mol. The van der Waals surface area contributed by atoms with Crippen molar-refractivity contribution in [2.75, 3.05) is 18.4 Å². The highest BCUT2D eigenvalue weighted by molar-refractivity contribution is 6.31. The van der Waals surface area contributed by atoms with Crippen molar-refractivity contribution >= 4 is 34.4 Å². The van der Waals surface area contributed by atoms with Crippen LogP contribution in [0.2, 0.25) is 5.02 Å². The maximum atomic E-state index is 12.5. The number of nitrogens with one attached hydrogen (secondary N) is 3. The van der Waals surface area contributed by atoms with Crippen LogP contribution < -0.4 is 10.6 Å². The van der Waals surface area contributed by atoms with Crippen molar-refractivity contribution < 1.29 is 4.79 Å². The van der Waals surface area contributed by atoms with Crippen LogP contribution in [0, 0.1) is 0 Å². The minimum atomic E-state index is -0.127. The number of carbonyl (C=O) groups is 1. The average Bonchev–Trinajstić information content (AvgIpc) is 3.19. The van der Waals surface area contributed by atoms with Crippen LogP contribution in [0.4, 0.5) is 5.95 Å². The lowest BCUT2D eigenvalue weighted by molar-refractivity contribution is -0.115. The Morgan fingerprint density at radius 2 is 2.19 bits per heavy atom. The van der Waals surface area contributed by atoms with Crippen LogP contribution in [0.15, 0.2) is 24.4 Å². The first kappa shape index (κ1) is 17.1. The van der Waals surface area contributed by atoms with Gasteiger partial charge in [0.2, 0.25) is 11.9 Å². The quantitative estimate of drug-likeness (QED) is 0.657. The number of halogens is 1. The number of aromatic nitrogens is 4. The predicted octanol–water partition coefficient (Wildman–Crippen LogP) is 2.60. The molecular formula is C18H21ClN6O. The van der Waals surface area contributed by atoms with Crippen molar-refractivity contribution in [2.45, 2.75) is 25.2 Å². The Labute approximate surface area is 156 Å². The number of anilines is 1. The Hall–Kier alpha value is -2.38. The molecule has 8 heteroatoms. The van der Waals surface area contributed by atoms with Gasteiger partial charge in [0.1, 0.15) is 0 Å². The number of piperidine rings is 1. The number of amides is 1. The summed E-state index contributed by atoms with van der Waals surface area (Å²) in [6, 6.07) is 5.60. The van der Waals surface area contributed by atoms with Crippen LogP contribution in [0.5, 0.6) is 0 Å². The molecule has 3 heterocycles. The van der Waals surface area contributed by atoms with E-state index in [0.29, 0.717) is 16.9 Å². The van der Waals surface area contributed by atoms with Crippen LogP contribution in [0.3, 0.4) is 0 Å². The zero-order valence-corrected chi connectivity index (χ0v) is 15.3. The third-order valence-electron chi connectivity index (χ3n) is 4.82. The summed E-state index contributed by atoms with van der Waals surface area (Å²) in [5.41, 5.74) is 1.87. The van der Waals surface area contributed by atoms with Crippen molar-refractivity contribution in [3.8, 4) is 0 Å².